The Bertz CT molecular complexity index is 1200. The molecule has 1 N–H and O–H groups in total. The first-order chi connectivity index (χ1) is 17.0. The third-order valence-electron chi connectivity index (χ3n) is 12.5. The first-order valence-corrected chi connectivity index (χ1v) is 14.2. The van der Waals surface area contributed by atoms with Crippen LogP contribution in [0.3, 0.4) is 0 Å². The maximum absolute atomic E-state index is 14.4. The number of hydrogen-bond acceptors (Lipinski definition) is 4. The van der Waals surface area contributed by atoms with E-state index in [9.17, 15) is 19.6 Å². The van der Waals surface area contributed by atoms with E-state index in [0.29, 0.717) is 0 Å². The molecule has 0 saturated heterocycles. The van der Waals surface area contributed by atoms with E-state index in [1.807, 2.05) is 26.0 Å². The molecule has 0 bridgehead atoms. The summed E-state index contributed by atoms with van der Waals surface area (Å²) in [4.78, 5) is 41.1. The van der Waals surface area contributed by atoms with Gasteiger partial charge in [0.15, 0.2) is 11.6 Å². The number of carbonyl (C=O) groups is 3. The molecular weight excluding hydrogens is 460 g/mol. The number of ketones is 2. The number of amides is 1. The Morgan fingerprint density at radius 3 is 2.27 bits per heavy atom. The highest BCUT2D eigenvalue weighted by Crippen LogP contribution is 2.74. The number of nitriles is 1. The molecule has 3 saturated carbocycles. The fourth-order valence-electron chi connectivity index (χ4n) is 10.3. The summed E-state index contributed by atoms with van der Waals surface area (Å²) in [5.41, 5.74) is -0.787. The highest BCUT2D eigenvalue weighted by Gasteiger charge is 2.70. The van der Waals surface area contributed by atoms with Gasteiger partial charge in [-0.05, 0) is 79.1 Å². The smallest absolute Gasteiger partial charge is 0.226 e. The van der Waals surface area contributed by atoms with Crippen molar-refractivity contribution in [2.24, 2.45) is 50.2 Å². The molecule has 5 aliphatic carbocycles. The van der Waals surface area contributed by atoms with Crippen LogP contribution in [0.1, 0.15) is 93.4 Å². The Hall–Kier alpha value is -2.22. The van der Waals surface area contributed by atoms with Crippen molar-refractivity contribution in [3.05, 3.63) is 23.3 Å². The summed E-state index contributed by atoms with van der Waals surface area (Å²) < 4.78 is 0. The molecule has 0 heterocycles. The lowest BCUT2D eigenvalue weighted by Crippen LogP contribution is -2.66. The summed E-state index contributed by atoms with van der Waals surface area (Å²) in [6, 6.07) is 2.18. The van der Waals surface area contributed by atoms with Gasteiger partial charge >= 0.3 is 0 Å². The van der Waals surface area contributed by atoms with Gasteiger partial charge in [-0.3, -0.25) is 14.4 Å². The fraction of sp³-hybridized carbons (Fsp3) is 0.750. The fourth-order valence-corrected chi connectivity index (χ4v) is 10.3. The number of Topliss-reactive ketones (excluding diaryl/α,β-unsaturated/α-hetero) is 1. The van der Waals surface area contributed by atoms with Gasteiger partial charge in [-0.15, -0.1) is 0 Å². The maximum atomic E-state index is 14.4. The molecule has 0 aromatic carbocycles. The van der Waals surface area contributed by atoms with Crippen molar-refractivity contribution < 1.29 is 14.4 Å². The highest BCUT2D eigenvalue weighted by molar-refractivity contribution is 6.04. The summed E-state index contributed by atoms with van der Waals surface area (Å²) in [5, 5.41) is 12.8. The van der Waals surface area contributed by atoms with Crippen LogP contribution < -0.4 is 5.32 Å². The second-order valence-corrected chi connectivity index (χ2v) is 15.0. The van der Waals surface area contributed by atoms with Crippen LogP contribution in [0.4, 0.5) is 0 Å². The average Bonchev–Trinajstić information content (AvgIpc) is 2.82. The van der Waals surface area contributed by atoms with Crippen molar-refractivity contribution in [2.45, 2.75) is 93.4 Å². The molecule has 200 valence electrons. The van der Waals surface area contributed by atoms with Gasteiger partial charge in [0.25, 0.3) is 0 Å². The molecule has 0 aliphatic heterocycles. The predicted molar refractivity (Wildman–Crippen MR) is 143 cm³/mol. The van der Waals surface area contributed by atoms with Crippen LogP contribution in [0.5, 0.6) is 0 Å². The maximum Gasteiger partial charge on any atom is 0.226 e. The Kier molecular flexibility index (Phi) is 5.47. The van der Waals surface area contributed by atoms with E-state index >= 15 is 0 Å². The second kappa shape index (κ2) is 7.67. The molecule has 5 nitrogen and oxygen atoms in total. The molecule has 0 spiro atoms. The summed E-state index contributed by atoms with van der Waals surface area (Å²) >= 11 is 0. The van der Waals surface area contributed by atoms with E-state index < -0.39 is 16.2 Å². The Morgan fingerprint density at radius 1 is 1.00 bits per heavy atom. The number of carbonyl (C=O) groups excluding carboxylic acids is 3. The molecule has 1 amide bonds. The molecule has 7 atom stereocenters. The standard InChI is InChI=1S/C32H44N2O3/c1-27(2)11-13-32(26(37)34-8)14-12-31(7)24(20(32)17-27)21(35)15-23-29(5)16-19(18-33)25(36)28(3,4)22(29)9-10-30(23,31)6/h15-16,20,22,24H,9-14,17H2,1-8H3,(H,34,37)/t20-,22-,24?,29-,30+,31+,32-/m0/s1. The largest absolute Gasteiger partial charge is 0.359 e. The van der Waals surface area contributed by atoms with Gasteiger partial charge in [0.1, 0.15) is 6.07 Å². The van der Waals surface area contributed by atoms with Gasteiger partial charge < -0.3 is 5.32 Å². The van der Waals surface area contributed by atoms with Crippen molar-refractivity contribution in [1.29, 1.82) is 5.26 Å². The van der Waals surface area contributed by atoms with Gasteiger partial charge in [-0.25, -0.2) is 0 Å². The zero-order valence-corrected chi connectivity index (χ0v) is 24.0. The first kappa shape index (κ1) is 26.4. The summed E-state index contributed by atoms with van der Waals surface area (Å²) in [6.45, 7) is 15.3. The second-order valence-electron chi connectivity index (χ2n) is 15.0. The average molecular weight is 505 g/mol. The van der Waals surface area contributed by atoms with Crippen molar-refractivity contribution in [3.8, 4) is 6.07 Å². The zero-order valence-electron chi connectivity index (χ0n) is 24.0. The SMILES string of the molecule is CNC(=O)[C@]12CCC(C)(C)C[C@H]1C1C(=O)C=C3[C@@]4(C)C=C(C#N)C(=O)C(C)(C)[C@@H]4CC[C@@]3(C)[C@]1(C)CC2. The normalized spacial score (nSPS) is 45.6. The van der Waals surface area contributed by atoms with Crippen molar-refractivity contribution in [3.63, 3.8) is 0 Å². The minimum atomic E-state index is -0.661. The number of fused-ring (bicyclic) bond motifs is 7. The highest BCUT2D eigenvalue weighted by atomic mass is 16.2. The molecule has 0 aromatic rings. The molecule has 0 aromatic heterocycles. The number of nitrogens with zero attached hydrogens (tertiary/aromatic N) is 1. The van der Waals surface area contributed by atoms with E-state index in [1.54, 1.807) is 7.05 Å². The first-order valence-electron chi connectivity index (χ1n) is 14.2. The van der Waals surface area contributed by atoms with Gasteiger partial charge in [-0.1, -0.05) is 60.1 Å². The van der Waals surface area contributed by atoms with E-state index in [-0.39, 0.29) is 57.0 Å². The zero-order chi connectivity index (χ0) is 27.4. The summed E-state index contributed by atoms with van der Waals surface area (Å²) in [7, 11) is 1.73. The van der Waals surface area contributed by atoms with Crippen LogP contribution in [0.25, 0.3) is 0 Å². The van der Waals surface area contributed by atoms with Gasteiger partial charge in [0, 0.05) is 23.8 Å². The number of rotatable bonds is 1. The van der Waals surface area contributed by atoms with Crippen molar-refractivity contribution >= 4 is 17.5 Å². The van der Waals surface area contributed by atoms with Crippen molar-refractivity contribution in [1.82, 2.24) is 5.32 Å². The molecule has 5 aliphatic rings. The lowest BCUT2D eigenvalue weighted by atomic mass is 9.34. The van der Waals surface area contributed by atoms with Crippen LogP contribution in [0.15, 0.2) is 23.3 Å². The third kappa shape index (κ3) is 3.11. The quantitative estimate of drug-likeness (QED) is 0.478. The minimum Gasteiger partial charge on any atom is -0.359 e. The molecule has 1 unspecified atom stereocenters. The molecule has 37 heavy (non-hydrogen) atoms. The topological polar surface area (TPSA) is 87.0 Å². The number of hydrogen-bond donors (Lipinski definition) is 1. The van der Waals surface area contributed by atoms with Gasteiger partial charge in [-0.2, -0.15) is 5.26 Å². The lowest BCUT2D eigenvalue weighted by molar-refractivity contribution is -0.178. The van der Waals surface area contributed by atoms with Crippen LogP contribution >= 0.6 is 0 Å². The Morgan fingerprint density at radius 2 is 1.65 bits per heavy atom. The van der Waals surface area contributed by atoms with Crippen molar-refractivity contribution in [2.75, 3.05) is 7.05 Å². The third-order valence-corrected chi connectivity index (χ3v) is 12.5. The van der Waals surface area contributed by atoms with Crippen LogP contribution in [-0.4, -0.2) is 24.5 Å². The predicted octanol–water partition coefficient (Wildman–Crippen LogP) is 5.95. The van der Waals surface area contributed by atoms with Crippen LogP contribution in [0.2, 0.25) is 0 Å². The minimum absolute atomic E-state index is 0.0113. The Balaban J connectivity index is 1.71. The number of allylic oxidation sites excluding steroid dienone is 4. The molecule has 3 fully saturated rings. The van der Waals surface area contributed by atoms with Gasteiger partial charge in [0.2, 0.25) is 5.91 Å². The monoisotopic (exact) mass is 504 g/mol. The van der Waals surface area contributed by atoms with E-state index in [1.165, 1.54) is 0 Å². The lowest BCUT2D eigenvalue weighted by Gasteiger charge is -2.69. The van der Waals surface area contributed by atoms with E-state index in [2.05, 4.69) is 46.0 Å². The van der Waals surface area contributed by atoms with Crippen LogP contribution in [-0.2, 0) is 14.4 Å². The Labute approximate surface area is 222 Å². The molecule has 0 radical (unpaired) electrons. The molecule has 5 heteroatoms. The van der Waals surface area contributed by atoms with E-state index in [0.717, 1.165) is 50.5 Å². The van der Waals surface area contributed by atoms with Gasteiger partial charge in [0.05, 0.1) is 11.0 Å². The number of nitrogens with one attached hydrogen (secondary N) is 1. The molecular formula is C32H44N2O3. The van der Waals surface area contributed by atoms with E-state index in [4.69, 9.17) is 0 Å². The summed E-state index contributed by atoms with van der Waals surface area (Å²) in [5.74, 6) is 0.0213. The van der Waals surface area contributed by atoms with Crippen LogP contribution in [0, 0.1) is 61.6 Å². The molecule has 5 rings (SSSR count). The summed E-state index contributed by atoms with van der Waals surface area (Å²) in [6.07, 6.45) is 9.95.